The van der Waals surface area contributed by atoms with Crippen molar-refractivity contribution in [3.63, 3.8) is 0 Å². The average Bonchev–Trinajstić information content (AvgIpc) is 2.69. The van der Waals surface area contributed by atoms with Gasteiger partial charge in [0.1, 0.15) is 11.4 Å². The topological polar surface area (TPSA) is 41.6 Å². The van der Waals surface area contributed by atoms with Crippen LogP contribution in [0.5, 0.6) is 0 Å². The number of ether oxygens (including phenoxy) is 1. The maximum atomic E-state index is 14.7. The normalized spacial score (nSPS) is 11.2. The van der Waals surface area contributed by atoms with Gasteiger partial charge in [0, 0.05) is 19.8 Å². The maximum Gasteiger partial charge on any atom is 0.412 e. The molecule has 0 fully saturated rings. The van der Waals surface area contributed by atoms with Crippen molar-refractivity contribution in [1.29, 1.82) is 0 Å². The molecule has 0 unspecified atom stereocenters. The molecule has 0 atom stereocenters. The van der Waals surface area contributed by atoms with Crippen LogP contribution in [0.1, 0.15) is 31.9 Å². The predicted molar refractivity (Wildman–Crippen MR) is 131 cm³/mol. The zero-order valence-electron chi connectivity index (χ0n) is 19.8. The molecule has 3 aromatic carbocycles. The van der Waals surface area contributed by atoms with E-state index in [-0.39, 0.29) is 5.69 Å². The summed E-state index contributed by atoms with van der Waals surface area (Å²) in [5.41, 5.74) is 6.76. The van der Waals surface area contributed by atoms with Gasteiger partial charge in [0.05, 0.1) is 5.69 Å². The smallest absolute Gasteiger partial charge is 0.412 e. The Morgan fingerprint density at radius 3 is 1.91 bits per heavy atom. The minimum atomic E-state index is -0.680. The molecule has 3 aromatic rings. The Morgan fingerprint density at radius 1 is 0.875 bits per heavy atom. The first kappa shape index (κ1) is 23.3. The van der Waals surface area contributed by atoms with Gasteiger partial charge in [-0.3, -0.25) is 5.32 Å². The monoisotopic (exact) mass is 434 g/mol. The highest BCUT2D eigenvalue weighted by atomic mass is 19.1. The van der Waals surface area contributed by atoms with E-state index in [0.29, 0.717) is 0 Å². The average molecular weight is 435 g/mol. The molecule has 0 heterocycles. The molecule has 1 amide bonds. The van der Waals surface area contributed by atoms with Gasteiger partial charge in [-0.05, 0) is 92.3 Å². The molecular weight excluding hydrogens is 403 g/mol. The van der Waals surface area contributed by atoms with E-state index in [0.717, 1.165) is 39.1 Å². The molecule has 0 aliphatic rings. The zero-order valence-corrected chi connectivity index (χ0v) is 19.8. The fraction of sp³-hybridized carbons (Fsp3) is 0.296. The third-order valence-electron chi connectivity index (χ3n) is 5.18. The van der Waals surface area contributed by atoms with Crippen molar-refractivity contribution >= 4 is 17.5 Å². The summed E-state index contributed by atoms with van der Waals surface area (Å²) in [7, 11) is 4.04. The Bertz CT molecular complexity index is 1130. The molecule has 0 spiro atoms. The van der Waals surface area contributed by atoms with Gasteiger partial charge >= 0.3 is 6.09 Å². The van der Waals surface area contributed by atoms with E-state index in [2.05, 4.69) is 53.5 Å². The van der Waals surface area contributed by atoms with Crippen LogP contribution in [-0.4, -0.2) is 25.8 Å². The minimum absolute atomic E-state index is 0.0926. The second-order valence-electron chi connectivity index (χ2n) is 9.24. The van der Waals surface area contributed by atoms with Crippen LogP contribution in [0.3, 0.4) is 0 Å². The number of halogens is 1. The van der Waals surface area contributed by atoms with E-state index in [1.54, 1.807) is 26.8 Å². The van der Waals surface area contributed by atoms with E-state index in [4.69, 9.17) is 4.74 Å². The van der Waals surface area contributed by atoms with Gasteiger partial charge in [0.15, 0.2) is 0 Å². The summed E-state index contributed by atoms with van der Waals surface area (Å²) in [5.74, 6) is -0.506. The lowest BCUT2D eigenvalue weighted by Gasteiger charge is -2.20. The first-order valence-electron chi connectivity index (χ1n) is 10.6. The van der Waals surface area contributed by atoms with Crippen molar-refractivity contribution in [1.82, 2.24) is 0 Å². The number of carbonyl (C=O) groups excluding carboxylic acids is 1. The Morgan fingerprint density at radius 2 is 1.41 bits per heavy atom. The molecule has 3 rings (SSSR count). The van der Waals surface area contributed by atoms with Gasteiger partial charge in [0.2, 0.25) is 0 Å². The number of hydrogen-bond acceptors (Lipinski definition) is 3. The van der Waals surface area contributed by atoms with Crippen LogP contribution in [0.15, 0.2) is 54.6 Å². The van der Waals surface area contributed by atoms with Crippen LogP contribution in [0.25, 0.3) is 22.3 Å². The molecule has 5 heteroatoms. The van der Waals surface area contributed by atoms with E-state index < -0.39 is 17.5 Å². The summed E-state index contributed by atoms with van der Waals surface area (Å²) < 4.78 is 19.9. The number of hydrogen-bond donors (Lipinski definition) is 1. The second-order valence-corrected chi connectivity index (χ2v) is 9.24. The number of nitrogens with zero attached hydrogens (tertiary/aromatic N) is 1. The Balaban J connectivity index is 1.88. The zero-order chi connectivity index (χ0) is 23.6. The fourth-order valence-electron chi connectivity index (χ4n) is 3.57. The van der Waals surface area contributed by atoms with Crippen molar-refractivity contribution in [3.05, 3.63) is 71.5 Å². The highest BCUT2D eigenvalue weighted by Gasteiger charge is 2.18. The Kier molecular flexibility index (Phi) is 6.58. The van der Waals surface area contributed by atoms with Crippen LogP contribution >= 0.6 is 0 Å². The van der Waals surface area contributed by atoms with E-state index in [1.807, 2.05) is 27.1 Å². The van der Waals surface area contributed by atoms with Crippen LogP contribution in [0.2, 0.25) is 0 Å². The number of rotatable bonds is 4. The molecule has 0 saturated heterocycles. The standard InChI is InChI=1S/C27H31FN2O2/c1-17-15-23(18(2)14-22(17)19-8-11-21(12-9-19)30(6)7)20-10-13-25(24(28)16-20)29-26(31)32-27(3,4)5/h8-16H,1-7H3,(H,29,31). The minimum Gasteiger partial charge on any atom is -0.444 e. The summed E-state index contributed by atoms with van der Waals surface area (Å²) in [6, 6.07) is 17.5. The van der Waals surface area contributed by atoms with E-state index in [9.17, 15) is 9.18 Å². The lowest BCUT2D eigenvalue weighted by molar-refractivity contribution is 0.0635. The highest BCUT2D eigenvalue weighted by molar-refractivity contribution is 5.86. The first-order valence-corrected chi connectivity index (χ1v) is 10.6. The predicted octanol–water partition coefficient (Wildman–Crippen LogP) is 7.19. The van der Waals surface area contributed by atoms with Crippen LogP contribution in [0.4, 0.5) is 20.6 Å². The molecule has 0 saturated carbocycles. The van der Waals surface area contributed by atoms with Crippen molar-refractivity contribution in [2.24, 2.45) is 0 Å². The third kappa shape index (κ3) is 5.47. The van der Waals surface area contributed by atoms with Crippen molar-refractivity contribution in [2.45, 2.75) is 40.2 Å². The molecule has 0 aromatic heterocycles. The summed E-state index contributed by atoms with van der Waals surface area (Å²) in [6.45, 7) is 9.37. The van der Waals surface area contributed by atoms with Gasteiger partial charge in [-0.2, -0.15) is 0 Å². The molecule has 0 aliphatic heterocycles. The van der Waals surface area contributed by atoms with Crippen LogP contribution in [-0.2, 0) is 4.74 Å². The summed E-state index contributed by atoms with van der Waals surface area (Å²) >= 11 is 0. The summed E-state index contributed by atoms with van der Waals surface area (Å²) in [5, 5.41) is 2.47. The third-order valence-corrected chi connectivity index (χ3v) is 5.18. The Labute approximate surface area is 190 Å². The van der Waals surface area contributed by atoms with Crippen LogP contribution in [0, 0.1) is 19.7 Å². The lowest BCUT2D eigenvalue weighted by Crippen LogP contribution is -2.27. The number of aryl methyl sites for hydroxylation is 2. The molecule has 1 N–H and O–H groups in total. The number of nitrogens with one attached hydrogen (secondary N) is 1. The van der Waals surface area contributed by atoms with Gasteiger partial charge in [-0.25, -0.2) is 9.18 Å². The molecule has 4 nitrogen and oxygen atoms in total. The van der Waals surface area contributed by atoms with Gasteiger partial charge in [-0.1, -0.05) is 30.3 Å². The number of amides is 1. The van der Waals surface area contributed by atoms with Gasteiger partial charge in [-0.15, -0.1) is 0 Å². The van der Waals surface area contributed by atoms with E-state index in [1.165, 1.54) is 6.07 Å². The number of benzene rings is 3. The van der Waals surface area contributed by atoms with Crippen LogP contribution < -0.4 is 10.2 Å². The molecule has 168 valence electrons. The largest absolute Gasteiger partial charge is 0.444 e. The second kappa shape index (κ2) is 9.03. The Hall–Kier alpha value is -3.34. The molecule has 32 heavy (non-hydrogen) atoms. The molecular formula is C27H31FN2O2. The highest BCUT2D eigenvalue weighted by Crippen LogP contribution is 2.33. The van der Waals surface area contributed by atoms with Gasteiger partial charge < -0.3 is 9.64 Å². The molecule has 0 radical (unpaired) electrons. The maximum absolute atomic E-state index is 14.7. The lowest BCUT2D eigenvalue weighted by atomic mass is 9.91. The molecule has 0 bridgehead atoms. The van der Waals surface area contributed by atoms with Crippen molar-refractivity contribution in [3.8, 4) is 22.3 Å². The molecule has 0 aliphatic carbocycles. The summed E-state index contributed by atoms with van der Waals surface area (Å²) in [6.07, 6.45) is -0.680. The van der Waals surface area contributed by atoms with Gasteiger partial charge in [0.25, 0.3) is 0 Å². The SMILES string of the molecule is Cc1cc(-c2ccc(NC(=O)OC(C)(C)C)c(F)c2)c(C)cc1-c1ccc(N(C)C)cc1. The fourth-order valence-corrected chi connectivity index (χ4v) is 3.57. The van der Waals surface area contributed by atoms with Crippen molar-refractivity contribution < 1.29 is 13.9 Å². The quantitative estimate of drug-likeness (QED) is 0.472. The van der Waals surface area contributed by atoms with Crippen molar-refractivity contribution in [2.75, 3.05) is 24.3 Å². The number of carbonyl (C=O) groups is 1. The number of anilines is 2. The van der Waals surface area contributed by atoms with E-state index >= 15 is 0 Å². The summed E-state index contributed by atoms with van der Waals surface area (Å²) in [4.78, 5) is 14.0. The first-order chi connectivity index (χ1) is 14.9.